The molecule has 0 atom stereocenters. The van der Waals surface area contributed by atoms with Crippen LogP contribution in [0, 0.1) is 12.7 Å². The molecule has 4 aromatic heterocycles. The van der Waals surface area contributed by atoms with E-state index in [9.17, 15) is 9.18 Å². The minimum absolute atomic E-state index is 0. The Kier molecular flexibility index (Phi) is 5.44. The lowest BCUT2D eigenvalue weighted by Gasteiger charge is -2.20. The number of halogens is 2. The van der Waals surface area contributed by atoms with E-state index in [1.54, 1.807) is 29.8 Å². The monoisotopic (exact) mass is 429 g/mol. The number of pyridine rings is 2. The van der Waals surface area contributed by atoms with Crippen LogP contribution in [0.4, 0.5) is 10.2 Å². The van der Waals surface area contributed by atoms with Gasteiger partial charge in [-0.15, -0.1) is 12.4 Å². The molecular formula is C21H21ClFN5O2. The van der Waals surface area contributed by atoms with Crippen molar-refractivity contribution in [3.8, 4) is 11.3 Å². The summed E-state index contributed by atoms with van der Waals surface area (Å²) >= 11 is 0. The molecule has 30 heavy (non-hydrogen) atoms. The topological polar surface area (TPSA) is 75.7 Å². The maximum Gasteiger partial charge on any atom is 0.347 e. The second-order valence-corrected chi connectivity index (χ2v) is 7.32. The van der Waals surface area contributed by atoms with E-state index in [4.69, 9.17) is 4.42 Å². The second-order valence-electron chi connectivity index (χ2n) is 7.32. The predicted octanol–water partition coefficient (Wildman–Crippen LogP) is 3.17. The van der Waals surface area contributed by atoms with E-state index < -0.39 is 11.4 Å². The van der Waals surface area contributed by atoms with Crippen molar-refractivity contribution >= 4 is 35.0 Å². The SMILES string of the molecule is Cc1cc(F)c2nc(-c3cc4ccc(N5CCCNCC5)nc4oc3=O)cn2c1.Cl. The van der Waals surface area contributed by atoms with Gasteiger partial charge in [-0.2, -0.15) is 4.98 Å². The molecular weight excluding hydrogens is 409 g/mol. The third-order valence-electron chi connectivity index (χ3n) is 5.17. The second kappa shape index (κ2) is 8.04. The van der Waals surface area contributed by atoms with Gasteiger partial charge in [0.15, 0.2) is 11.5 Å². The van der Waals surface area contributed by atoms with E-state index in [0.29, 0.717) is 16.8 Å². The normalized spacial score (nSPS) is 14.7. The smallest absolute Gasteiger partial charge is 0.347 e. The van der Waals surface area contributed by atoms with Gasteiger partial charge in [-0.05, 0) is 49.7 Å². The number of nitrogens with zero attached hydrogens (tertiary/aromatic N) is 4. The number of fused-ring (bicyclic) bond motifs is 2. The number of nitrogens with one attached hydrogen (secondary N) is 1. The number of imidazole rings is 1. The van der Waals surface area contributed by atoms with Crippen molar-refractivity contribution in [2.75, 3.05) is 31.1 Å². The van der Waals surface area contributed by atoms with Crippen LogP contribution in [-0.2, 0) is 0 Å². The van der Waals surface area contributed by atoms with Gasteiger partial charge in [-0.1, -0.05) is 0 Å². The van der Waals surface area contributed by atoms with Crippen LogP contribution in [0.15, 0.2) is 45.9 Å². The first-order valence-electron chi connectivity index (χ1n) is 9.64. The number of rotatable bonds is 2. The molecule has 1 aliphatic rings. The summed E-state index contributed by atoms with van der Waals surface area (Å²) in [6.45, 7) is 5.44. The highest BCUT2D eigenvalue weighted by Crippen LogP contribution is 2.24. The Hall–Kier alpha value is -2.97. The van der Waals surface area contributed by atoms with Gasteiger partial charge in [0.05, 0.1) is 11.3 Å². The summed E-state index contributed by atoms with van der Waals surface area (Å²) in [5, 5.41) is 4.06. The molecule has 1 aliphatic heterocycles. The summed E-state index contributed by atoms with van der Waals surface area (Å²) in [7, 11) is 0. The van der Waals surface area contributed by atoms with Gasteiger partial charge in [0.2, 0.25) is 5.71 Å². The van der Waals surface area contributed by atoms with E-state index >= 15 is 0 Å². The first-order chi connectivity index (χ1) is 14.1. The maximum atomic E-state index is 14.2. The molecule has 0 spiro atoms. The van der Waals surface area contributed by atoms with Gasteiger partial charge in [-0.3, -0.25) is 0 Å². The maximum absolute atomic E-state index is 14.2. The first-order valence-corrected chi connectivity index (χ1v) is 9.64. The Labute approximate surface area is 178 Å². The Balaban J connectivity index is 0.00000218. The fourth-order valence-corrected chi connectivity index (χ4v) is 3.74. The van der Waals surface area contributed by atoms with E-state index in [-0.39, 0.29) is 23.6 Å². The van der Waals surface area contributed by atoms with Crippen LogP contribution in [0.25, 0.3) is 28.0 Å². The summed E-state index contributed by atoms with van der Waals surface area (Å²) < 4.78 is 21.3. The molecule has 9 heteroatoms. The molecule has 0 amide bonds. The molecule has 0 saturated carbocycles. The van der Waals surface area contributed by atoms with Crippen LogP contribution in [0.1, 0.15) is 12.0 Å². The molecule has 5 rings (SSSR count). The molecule has 1 N–H and O–H groups in total. The molecule has 7 nitrogen and oxygen atoms in total. The van der Waals surface area contributed by atoms with E-state index in [1.807, 2.05) is 12.1 Å². The highest BCUT2D eigenvalue weighted by Gasteiger charge is 2.16. The lowest BCUT2D eigenvalue weighted by molar-refractivity contribution is 0.551. The van der Waals surface area contributed by atoms with Crippen molar-refractivity contribution < 1.29 is 8.81 Å². The van der Waals surface area contributed by atoms with Crippen molar-refractivity contribution in [3.05, 3.63) is 58.5 Å². The van der Waals surface area contributed by atoms with Crippen LogP contribution < -0.4 is 15.8 Å². The molecule has 0 radical (unpaired) electrons. The molecule has 1 fully saturated rings. The third kappa shape index (κ3) is 3.64. The van der Waals surface area contributed by atoms with Gasteiger partial charge in [0.25, 0.3) is 0 Å². The average Bonchev–Trinajstić information content (AvgIpc) is 2.93. The van der Waals surface area contributed by atoms with Crippen LogP contribution in [0.2, 0.25) is 0 Å². The lowest BCUT2D eigenvalue weighted by atomic mass is 10.2. The quantitative estimate of drug-likeness (QED) is 0.527. The van der Waals surface area contributed by atoms with Gasteiger partial charge in [0, 0.05) is 37.4 Å². The lowest BCUT2D eigenvalue weighted by Crippen LogP contribution is -2.28. The molecule has 0 aromatic carbocycles. The van der Waals surface area contributed by atoms with Crippen LogP contribution in [0.3, 0.4) is 0 Å². The van der Waals surface area contributed by atoms with Crippen molar-refractivity contribution in [1.82, 2.24) is 19.7 Å². The summed E-state index contributed by atoms with van der Waals surface area (Å²) in [5.41, 5.74) is 1.34. The number of aryl methyl sites for hydroxylation is 1. The van der Waals surface area contributed by atoms with E-state index in [1.165, 1.54) is 6.07 Å². The van der Waals surface area contributed by atoms with Crippen LogP contribution >= 0.6 is 12.4 Å². The van der Waals surface area contributed by atoms with Crippen molar-refractivity contribution in [1.29, 1.82) is 0 Å². The zero-order valence-electron chi connectivity index (χ0n) is 16.4. The largest absolute Gasteiger partial charge is 0.403 e. The summed E-state index contributed by atoms with van der Waals surface area (Å²) in [6, 6.07) is 6.94. The zero-order valence-corrected chi connectivity index (χ0v) is 17.2. The van der Waals surface area contributed by atoms with Crippen molar-refractivity contribution in [2.24, 2.45) is 0 Å². The fraction of sp³-hybridized carbons (Fsp3) is 0.286. The summed E-state index contributed by atoms with van der Waals surface area (Å²) in [6.07, 6.45) is 4.43. The van der Waals surface area contributed by atoms with Gasteiger partial charge in [0.1, 0.15) is 5.82 Å². The molecule has 0 unspecified atom stereocenters. The van der Waals surface area contributed by atoms with Gasteiger partial charge < -0.3 is 19.0 Å². The van der Waals surface area contributed by atoms with Gasteiger partial charge in [-0.25, -0.2) is 14.2 Å². The number of anilines is 1. The van der Waals surface area contributed by atoms with Crippen molar-refractivity contribution in [3.63, 3.8) is 0 Å². The molecule has 0 bridgehead atoms. The number of hydrogen-bond donors (Lipinski definition) is 1. The summed E-state index contributed by atoms with van der Waals surface area (Å²) in [4.78, 5) is 23.6. The molecule has 5 heterocycles. The Morgan fingerprint density at radius 1 is 1.13 bits per heavy atom. The molecule has 1 saturated heterocycles. The number of aromatic nitrogens is 3. The Bertz CT molecular complexity index is 1280. The minimum Gasteiger partial charge on any atom is -0.403 e. The highest BCUT2D eigenvalue weighted by molar-refractivity contribution is 5.85. The predicted molar refractivity (Wildman–Crippen MR) is 116 cm³/mol. The van der Waals surface area contributed by atoms with Gasteiger partial charge >= 0.3 is 5.63 Å². The minimum atomic E-state index is -0.541. The van der Waals surface area contributed by atoms with Crippen molar-refractivity contribution in [2.45, 2.75) is 13.3 Å². The molecule has 4 aromatic rings. The third-order valence-corrected chi connectivity index (χ3v) is 5.17. The van der Waals surface area contributed by atoms with E-state index in [2.05, 4.69) is 20.2 Å². The van der Waals surface area contributed by atoms with E-state index in [0.717, 1.165) is 44.0 Å². The summed E-state index contributed by atoms with van der Waals surface area (Å²) in [5.74, 6) is 0.363. The average molecular weight is 430 g/mol. The highest BCUT2D eigenvalue weighted by atomic mass is 35.5. The molecule has 156 valence electrons. The zero-order chi connectivity index (χ0) is 20.0. The fourth-order valence-electron chi connectivity index (χ4n) is 3.74. The van der Waals surface area contributed by atoms with Crippen LogP contribution in [-0.4, -0.2) is 40.5 Å². The molecule has 0 aliphatic carbocycles. The van der Waals surface area contributed by atoms with Crippen LogP contribution in [0.5, 0.6) is 0 Å². The Morgan fingerprint density at radius 2 is 2.00 bits per heavy atom. The Morgan fingerprint density at radius 3 is 2.87 bits per heavy atom. The first kappa shape index (κ1) is 20.3. The number of hydrogen-bond acceptors (Lipinski definition) is 6. The standard InChI is InChI=1S/C21H20FN5O2.ClH/c1-13-9-16(22)19-24-17(12-27(19)11-13)15-10-14-3-4-18(25-20(14)29-21(15)28)26-7-2-5-23-6-8-26;/h3-4,9-12,23H,2,5-8H2,1H3;1H.